The Kier molecular flexibility index (Phi) is 3.41. The highest BCUT2D eigenvalue weighted by Crippen LogP contribution is 2.36. The Morgan fingerprint density at radius 3 is 2.93 bits per heavy atom. The van der Waals surface area contributed by atoms with E-state index in [9.17, 15) is 0 Å². The number of anilines is 1. The van der Waals surface area contributed by atoms with Crippen molar-refractivity contribution in [3.63, 3.8) is 0 Å². The van der Waals surface area contributed by atoms with Gasteiger partial charge < -0.3 is 10.5 Å². The van der Waals surface area contributed by atoms with E-state index in [2.05, 4.69) is 0 Å². The number of hydrogen-bond donors (Lipinski definition) is 1. The summed E-state index contributed by atoms with van der Waals surface area (Å²) in [5.41, 5.74) is 6.76. The molecule has 1 aliphatic carbocycles. The Morgan fingerprint density at radius 2 is 2.27 bits per heavy atom. The van der Waals surface area contributed by atoms with Crippen molar-refractivity contribution in [2.45, 2.75) is 24.2 Å². The smallest absolute Gasteiger partial charge is 0.120 e. The van der Waals surface area contributed by atoms with Crippen LogP contribution in [0.25, 0.3) is 0 Å². The number of benzene rings is 1. The molecule has 0 radical (unpaired) electrons. The summed E-state index contributed by atoms with van der Waals surface area (Å²) in [6.45, 7) is 0. The Balaban J connectivity index is 1.92. The zero-order valence-corrected chi connectivity index (χ0v) is 9.85. The molecule has 15 heavy (non-hydrogen) atoms. The lowest BCUT2D eigenvalue weighted by molar-refractivity contribution is 0.414. The van der Waals surface area contributed by atoms with Crippen LogP contribution >= 0.6 is 11.8 Å². The SMILES string of the molecule is COc1ccc(N)c(SCCC2CC2)c1. The lowest BCUT2D eigenvalue weighted by Crippen LogP contribution is -1.91. The van der Waals surface area contributed by atoms with Gasteiger partial charge in [-0.05, 0) is 36.3 Å². The molecular formula is C12H17NOS. The van der Waals surface area contributed by atoms with E-state index in [1.54, 1.807) is 7.11 Å². The largest absolute Gasteiger partial charge is 0.497 e. The third kappa shape index (κ3) is 3.06. The number of hydrogen-bond acceptors (Lipinski definition) is 3. The summed E-state index contributed by atoms with van der Waals surface area (Å²) in [5.74, 6) is 3.05. The van der Waals surface area contributed by atoms with Crippen molar-refractivity contribution in [1.29, 1.82) is 0 Å². The first-order chi connectivity index (χ1) is 7.29. The lowest BCUT2D eigenvalue weighted by atomic mass is 10.3. The van der Waals surface area contributed by atoms with Crippen LogP contribution in [0.15, 0.2) is 23.1 Å². The molecule has 0 aliphatic heterocycles. The van der Waals surface area contributed by atoms with Crippen molar-refractivity contribution in [3.8, 4) is 5.75 Å². The van der Waals surface area contributed by atoms with Crippen LogP contribution in [0.1, 0.15) is 19.3 Å². The molecule has 1 saturated carbocycles. The fraction of sp³-hybridized carbons (Fsp3) is 0.500. The summed E-state index contributed by atoms with van der Waals surface area (Å²) >= 11 is 1.84. The van der Waals surface area contributed by atoms with Crippen LogP contribution in [0.5, 0.6) is 5.75 Å². The second-order valence-electron chi connectivity index (χ2n) is 3.98. The Morgan fingerprint density at radius 1 is 1.47 bits per heavy atom. The molecular weight excluding hydrogens is 206 g/mol. The summed E-state index contributed by atoms with van der Waals surface area (Å²) in [6, 6.07) is 5.84. The molecule has 1 aliphatic rings. The maximum absolute atomic E-state index is 5.90. The number of ether oxygens (including phenoxy) is 1. The van der Waals surface area contributed by atoms with Gasteiger partial charge in [0, 0.05) is 10.6 Å². The van der Waals surface area contributed by atoms with Crippen molar-refractivity contribution in [2.24, 2.45) is 5.92 Å². The van der Waals surface area contributed by atoms with Crippen LogP contribution in [0.2, 0.25) is 0 Å². The van der Waals surface area contributed by atoms with Crippen molar-refractivity contribution in [3.05, 3.63) is 18.2 Å². The second kappa shape index (κ2) is 4.79. The predicted molar refractivity (Wildman–Crippen MR) is 65.5 cm³/mol. The van der Waals surface area contributed by atoms with E-state index in [1.807, 2.05) is 30.0 Å². The van der Waals surface area contributed by atoms with Crippen LogP contribution < -0.4 is 10.5 Å². The van der Waals surface area contributed by atoms with E-state index in [1.165, 1.54) is 25.0 Å². The van der Waals surface area contributed by atoms with Crippen molar-refractivity contribution < 1.29 is 4.74 Å². The molecule has 2 nitrogen and oxygen atoms in total. The number of nitrogens with two attached hydrogens (primary N) is 1. The van der Waals surface area contributed by atoms with E-state index in [-0.39, 0.29) is 0 Å². The summed E-state index contributed by atoms with van der Waals surface area (Å²) in [4.78, 5) is 1.15. The number of nitrogen functional groups attached to an aromatic ring is 1. The first-order valence-corrected chi connectivity index (χ1v) is 6.34. The molecule has 0 amide bonds. The third-order valence-corrected chi connectivity index (χ3v) is 3.81. The quantitative estimate of drug-likeness (QED) is 0.615. The molecule has 2 N–H and O–H groups in total. The minimum absolute atomic E-state index is 0.858. The van der Waals surface area contributed by atoms with Gasteiger partial charge in [-0.15, -0.1) is 11.8 Å². The number of rotatable bonds is 5. The minimum Gasteiger partial charge on any atom is -0.497 e. The molecule has 3 heteroatoms. The van der Waals surface area contributed by atoms with Crippen molar-refractivity contribution >= 4 is 17.4 Å². The molecule has 0 bridgehead atoms. The molecule has 82 valence electrons. The third-order valence-electron chi connectivity index (χ3n) is 2.70. The first-order valence-electron chi connectivity index (χ1n) is 5.36. The topological polar surface area (TPSA) is 35.2 Å². The zero-order chi connectivity index (χ0) is 10.7. The van der Waals surface area contributed by atoms with E-state index in [0.717, 1.165) is 22.3 Å². The summed E-state index contributed by atoms with van der Waals surface area (Å²) in [6.07, 6.45) is 4.17. The van der Waals surface area contributed by atoms with Gasteiger partial charge in [0.15, 0.2) is 0 Å². The second-order valence-corrected chi connectivity index (χ2v) is 5.12. The minimum atomic E-state index is 0.858. The molecule has 0 saturated heterocycles. The van der Waals surface area contributed by atoms with E-state index >= 15 is 0 Å². The molecule has 0 aromatic heterocycles. The Hall–Kier alpha value is -0.830. The van der Waals surface area contributed by atoms with E-state index in [0.29, 0.717) is 0 Å². The van der Waals surface area contributed by atoms with E-state index in [4.69, 9.17) is 10.5 Å². The predicted octanol–water partition coefficient (Wildman–Crippen LogP) is 3.17. The number of thioether (sulfide) groups is 1. The van der Waals surface area contributed by atoms with Crippen LogP contribution in [-0.2, 0) is 0 Å². The van der Waals surface area contributed by atoms with Gasteiger partial charge in [-0.2, -0.15) is 0 Å². The first kappa shape index (κ1) is 10.7. The fourth-order valence-electron chi connectivity index (χ4n) is 1.51. The fourth-order valence-corrected chi connectivity index (χ4v) is 2.61. The monoisotopic (exact) mass is 223 g/mol. The van der Waals surface area contributed by atoms with Gasteiger partial charge in [-0.3, -0.25) is 0 Å². The highest BCUT2D eigenvalue weighted by molar-refractivity contribution is 7.99. The highest BCUT2D eigenvalue weighted by atomic mass is 32.2. The Labute approximate surface area is 95.2 Å². The van der Waals surface area contributed by atoms with Gasteiger partial charge in [-0.25, -0.2) is 0 Å². The molecule has 0 atom stereocenters. The Bertz CT molecular complexity index is 336. The van der Waals surface area contributed by atoms with Crippen LogP contribution in [-0.4, -0.2) is 12.9 Å². The van der Waals surface area contributed by atoms with Gasteiger partial charge in [-0.1, -0.05) is 12.8 Å². The number of methoxy groups -OCH3 is 1. The van der Waals surface area contributed by atoms with Crippen LogP contribution in [0.4, 0.5) is 5.69 Å². The normalized spacial score (nSPS) is 15.3. The van der Waals surface area contributed by atoms with Crippen LogP contribution in [0, 0.1) is 5.92 Å². The van der Waals surface area contributed by atoms with E-state index < -0.39 is 0 Å². The molecule has 1 aromatic rings. The van der Waals surface area contributed by atoms with Crippen LogP contribution in [0.3, 0.4) is 0 Å². The van der Waals surface area contributed by atoms with Gasteiger partial charge in [0.2, 0.25) is 0 Å². The van der Waals surface area contributed by atoms with Gasteiger partial charge in [0.25, 0.3) is 0 Å². The lowest BCUT2D eigenvalue weighted by Gasteiger charge is -2.07. The maximum Gasteiger partial charge on any atom is 0.120 e. The van der Waals surface area contributed by atoms with Crippen molar-refractivity contribution in [1.82, 2.24) is 0 Å². The van der Waals surface area contributed by atoms with Gasteiger partial charge in [0.05, 0.1) is 7.11 Å². The standard InChI is InChI=1S/C12H17NOS/c1-14-10-4-5-11(13)12(8-10)15-7-6-9-2-3-9/h4-5,8-9H,2-3,6-7,13H2,1H3. The molecule has 2 rings (SSSR count). The van der Waals surface area contributed by atoms with Crippen molar-refractivity contribution in [2.75, 3.05) is 18.6 Å². The molecule has 1 aromatic carbocycles. The summed E-state index contributed by atoms with van der Waals surface area (Å²) in [5, 5.41) is 0. The summed E-state index contributed by atoms with van der Waals surface area (Å²) < 4.78 is 5.18. The van der Waals surface area contributed by atoms with Gasteiger partial charge in [0.1, 0.15) is 5.75 Å². The molecule has 0 spiro atoms. The highest BCUT2D eigenvalue weighted by Gasteiger charge is 2.20. The summed E-state index contributed by atoms with van der Waals surface area (Å²) in [7, 11) is 1.68. The average Bonchev–Trinajstić information content (AvgIpc) is 3.05. The zero-order valence-electron chi connectivity index (χ0n) is 9.03. The van der Waals surface area contributed by atoms with Gasteiger partial charge >= 0.3 is 0 Å². The molecule has 0 unspecified atom stereocenters. The molecule has 0 heterocycles. The average molecular weight is 223 g/mol. The molecule has 1 fully saturated rings. The maximum atomic E-state index is 5.90.